The molecule has 0 saturated carbocycles. The summed E-state index contributed by atoms with van der Waals surface area (Å²) in [7, 11) is 0. The molecule has 0 aromatic carbocycles. The molecule has 0 heterocycles. The van der Waals surface area contributed by atoms with Crippen LogP contribution in [0, 0.1) is 5.92 Å². The third kappa shape index (κ3) is 16.5. The number of rotatable bonds is 11. The van der Waals surface area contributed by atoms with Crippen molar-refractivity contribution in [2.75, 3.05) is 0 Å². The van der Waals surface area contributed by atoms with Gasteiger partial charge in [-0.05, 0) is 12.8 Å². The fraction of sp³-hybridized carbons (Fsp3) is 0.455. The van der Waals surface area contributed by atoms with Crippen LogP contribution >= 0.6 is 0 Å². The van der Waals surface area contributed by atoms with Crippen molar-refractivity contribution in [3.63, 3.8) is 0 Å². The number of ether oxygens (including phenoxy) is 2. The maximum Gasteiger partial charge on any atom is 0.311 e. The average Bonchev–Trinajstić information content (AvgIpc) is 2.55. The van der Waals surface area contributed by atoms with E-state index in [4.69, 9.17) is 9.47 Å². The van der Waals surface area contributed by atoms with Gasteiger partial charge in [-0.2, -0.15) is 0 Å². The zero-order valence-electron chi connectivity index (χ0n) is 15.7. The smallest absolute Gasteiger partial charge is 0.311 e. The molecule has 4 nitrogen and oxygen atoms in total. The number of carbonyl (C=O) groups excluding carboxylic acids is 2. The van der Waals surface area contributed by atoms with Gasteiger partial charge >= 0.3 is 11.9 Å². The summed E-state index contributed by atoms with van der Waals surface area (Å²) in [5, 5.41) is 0. The molecular weight excluding hydrogens is 328 g/mol. The summed E-state index contributed by atoms with van der Waals surface area (Å²) >= 11 is 0. The van der Waals surface area contributed by atoms with E-state index < -0.39 is 6.29 Å². The largest absolute Gasteiger partial charge is 0.425 e. The Bertz CT molecular complexity index is 522. The van der Waals surface area contributed by atoms with Gasteiger partial charge in [0.25, 0.3) is 0 Å². The van der Waals surface area contributed by atoms with Crippen LogP contribution < -0.4 is 0 Å². The molecule has 0 spiro atoms. The fourth-order valence-corrected chi connectivity index (χ4v) is 1.54. The first kappa shape index (κ1) is 25.9. The Balaban J connectivity index is 0. The second kappa shape index (κ2) is 17.5. The monoisotopic (exact) mass is 362 g/mol. The minimum atomic E-state index is -0.850. The zero-order valence-corrected chi connectivity index (χ0v) is 15.7. The molecule has 0 N–H and O–H groups in total. The van der Waals surface area contributed by atoms with Crippen LogP contribution in [0.5, 0.6) is 0 Å². The first-order valence-electron chi connectivity index (χ1n) is 8.69. The highest BCUT2D eigenvalue weighted by Crippen LogP contribution is 2.04. The maximum atomic E-state index is 11.6. The Morgan fingerprint density at radius 3 is 1.81 bits per heavy atom. The zero-order chi connectivity index (χ0) is 18.9. The molecule has 1 atom stereocenters. The summed E-state index contributed by atoms with van der Waals surface area (Å²) in [6.07, 6.45) is 20.5. The van der Waals surface area contributed by atoms with E-state index in [0.29, 0.717) is 6.42 Å². The van der Waals surface area contributed by atoms with Gasteiger partial charge in [0, 0.05) is 13.3 Å². The molecule has 0 fully saturated rings. The van der Waals surface area contributed by atoms with Crippen molar-refractivity contribution < 1.29 is 19.1 Å². The Labute approximate surface area is 159 Å². The quantitative estimate of drug-likeness (QED) is 0.269. The number of esters is 2. The molecule has 0 aliphatic carbocycles. The predicted octanol–water partition coefficient (Wildman–Crippen LogP) is 5.68. The van der Waals surface area contributed by atoms with Crippen molar-refractivity contribution in [2.24, 2.45) is 5.92 Å². The first-order chi connectivity index (χ1) is 12.0. The molecule has 0 rings (SSSR count). The van der Waals surface area contributed by atoms with Crippen molar-refractivity contribution >= 4 is 11.9 Å². The number of carbonyl (C=O) groups is 2. The van der Waals surface area contributed by atoms with Gasteiger partial charge in [-0.25, -0.2) is 0 Å². The Hall–Kier alpha value is -2.36. The van der Waals surface area contributed by atoms with E-state index in [1.807, 2.05) is 54.7 Å². The van der Waals surface area contributed by atoms with E-state index in [-0.39, 0.29) is 31.7 Å². The van der Waals surface area contributed by atoms with Crippen LogP contribution in [0.1, 0.15) is 54.4 Å². The molecule has 26 heavy (non-hydrogen) atoms. The number of allylic oxidation sites excluding steroid dienone is 10. The summed E-state index contributed by atoms with van der Waals surface area (Å²) in [6, 6.07) is 0. The predicted molar refractivity (Wildman–Crippen MR) is 108 cm³/mol. The summed E-state index contributed by atoms with van der Waals surface area (Å²) in [5.74, 6) is -1.01. The van der Waals surface area contributed by atoms with Crippen LogP contribution in [0.2, 0.25) is 0 Å². The highest BCUT2D eigenvalue weighted by molar-refractivity contribution is 5.72. The highest BCUT2D eigenvalue weighted by Gasteiger charge is 2.15. The molecule has 0 amide bonds. The van der Waals surface area contributed by atoms with Gasteiger partial charge in [0.15, 0.2) is 0 Å². The van der Waals surface area contributed by atoms with Crippen molar-refractivity contribution in [1.82, 2.24) is 0 Å². The van der Waals surface area contributed by atoms with Crippen LogP contribution in [0.25, 0.3) is 0 Å². The van der Waals surface area contributed by atoms with Crippen molar-refractivity contribution in [3.05, 3.63) is 60.8 Å². The molecule has 1 unspecified atom stereocenters. The fourth-order valence-electron chi connectivity index (χ4n) is 1.54. The summed E-state index contributed by atoms with van der Waals surface area (Å²) < 4.78 is 9.98. The van der Waals surface area contributed by atoms with Crippen LogP contribution in [0.3, 0.4) is 0 Å². The number of hydrogen-bond acceptors (Lipinski definition) is 4. The Kier molecular flexibility index (Phi) is 17.4. The summed E-state index contributed by atoms with van der Waals surface area (Å²) in [6.45, 7) is 7.08. The summed E-state index contributed by atoms with van der Waals surface area (Å²) in [5.41, 5.74) is 0. The van der Waals surface area contributed by atoms with Gasteiger partial charge in [0.1, 0.15) is 0 Å². The van der Waals surface area contributed by atoms with Gasteiger partial charge in [-0.15, -0.1) is 0 Å². The third-order valence-corrected chi connectivity index (χ3v) is 2.85. The van der Waals surface area contributed by atoms with E-state index in [1.165, 1.54) is 6.92 Å². The van der Waals surface area contributed by atoms with Gasteiger partial charge in [-0.3, -0.25) is 9.59 Å². The van der Waals surface area contributed by atoms with Crippen molar-refractivity contribution in [2.45, 2.75) is 60.7 Å². The lowest BCUT2D eigenvalue weighted by atomic mass is 10.2. The molecule has 0 aliphatic heterocycles. The second-order valence-corrected chi connectivity index (χ2v) is 5.61. The van der Waals surface area contributed by atoms with Crippen molar-refractivity contribution in [1.29, 1.82) is 0 Å². The lowest BCUT2D eigenvalue weighted by Gasteiger charge is -2.15. The lowest BCUT2D eigenvalue weighted by molar-refractivity contribution is -0.186. The van der Waals surface area contributed by atoms with Crippen molar-refractivity contribution in [3.8, 4) is 0 Å². The van der Waals surface area contributed by atoms with Crippen LogP contribution in [0.4, 0.5) is 0 Å². The van der Waals surface area contributed by atoms with Gasteiger partial charge < -0.3 is 9.47 Å². The minimum Gasteiger partial charge on any atom is -0.425 e. The SMILES string of the molecule is C.CC/C=C/C=C/C=C/C=C/C=CCCC(=O)OC(C)OC(=O)C(C)C. The van der Waals surface area contributed by atoms with E-state index >= 15 is 0 Å². The van der Waals surface area contributed by atoms with E-state index in [2.05, 4.69) is 13.0 Å². The first-order valence-corrected chi connectivity index (χ1v) is 8.69. The molecule has 0 radical (unpaired) electrons. The molecule has 146 valence electrons. The van der Waals surface area contributed by atoms with Crippen LogP contribution in [0.15, 0.2) is 60.8 Å². The Morgan fingerprint density at radius 1 is 0.808 bits per heavy atom. The molecule has 0 aromatic heterocycles. The highest BCUT2D eigenvalue weighted by atomic mass is 16.7. The van der Waals surface area contributed by atoms with E-state index in [9.17, 15) is 9.59 Å². The minimum absolute atomic E-state index is 0. The van der Waals surface area contributed by atoms with Gasteiger partial charge in [-0.1, -0.05) is 89.0 Å². The normalized spacial score (nSPS) is 13.3. The molecule has 4 heteroatoms. The second-order valence-electron chi connectivity index (χ2n) is 5.61. The molecule has 0 aromatic rings. The molecule has 0 bridgehead atoms. The molecular formula is C22H34O4. The molecule has 0 saturated heterocycles. The standard InChI is InChI=1S/C21H30O4.CH4/c1-5-6-7-8-9-10-11-12-13-14-15-16-17-20(22)24-19(4)25-21(23)18(2)3;/h6-15,18-19H,5,16-17H2,1-4H3;1H4/b7-6+,9-8+,11-10+,13-12+,15-14?;. The number of hydrogen-bond donors (Lipinski definition) is 0. The third-order valence-electron chi connectivity index (χ3n) is 2.85. The van der Waals surface area contributed by atoms with Gasteiger partial charge in [0.2, 0.25) is 6.29 Å². The topological polar surface area (TPSA) is 52.6 Å². The van der Waals surface area contributed by atoms with Gasteiger partial charge in [0.05, 0.1) is 5.92 Å². The lowest BCUT2D eigenvalue weighted by Crippen LogP contribution is -2.24. The summed E-state index contributed by atoms with van der Waals surface area (Å²) in [4.78, 5) is 23.0. The van der Waals surface area contributed by atoms with E-state index in [0.717, 1.165) is 6.42 Å². The van der Waals surface area contributed by atoms with E-state index in [1.54, 1.807) is 13.8 Å². The van der Waals surface area contributed by atoms with Crippen LogP contribution in [-0.4, -0.2) is 18.2 Å². The maximum absolute atomic E-state index is 11.6. The Morgan fingerprint density at radius 2 is 1.31 bits per heavy atom. The molecule has 0 aliphatic rings. The average molecular weight is 363 g/mol. The van der Waals surface area contributed by atoms with Crippen LogP contribution in [-0.2, 0) is 19.1 Å².